The Morgan fingerprint density at radius 2 is 2.05 bits per heavy atom. The van der Waals surface area contributed by atoms with Crippen molar-refractivity contribution in [2.45, 2.75) is 38.8 Å². The second-order valence-corrected chi connectivity index (χ2v) is 6.26. The Hall–Kier alpha value is -1.56. The fourth-order valence-electron chi connectivity index (χ4n) is 2.23. The van der Waals surface area contributed by atoms with Crippen LogP contribution in [0.2, 0.25) is 0 Å². The first-order valence-electron chi connectivity index (χ1n) is 6.96. The smallest absolute Gasteiger partial charge is 0.317 e. The molecule has 0 bridgehead atoms. The zero-order valence-electron chi connectivity index (χ0n) is 11.9. The van der Waals surface area contributed by atoms with Gasteiger partial charge in [-0.1, -0.05) is 6.07 Å². The van der Waals surface area contributed by atoms with Gasteiger partial charge in [0.1, 0.15) is 0 Å². The van der Waals surface area contributed by atoms with E-state index in [1.165, 1.54) is 11.3 Å². The zero-order valence-corrected chi connectivity index (χ0v) is 12.7. The van der Waals surface area contributed by atoms with Crippen LogP contribution in [0.5, 0.6) is 0 Å². The maximum atomic E-state index is 11.9. The first kappa shape index (κ1) is 14.8. The van der Waals surface area contributed by atoms with E-state index in [2.05, 4.69) is 10.6 Å². The number of rotatable bonds is 3. The Balaban J connectivity index is 1.77. The number of likely N-dealkylation sites (tertiary alicyclic amines) is 1. The standard InChI is InChI=1S/C14H21N3O2S/c1-10(2)15-14(19)17-7-5-11(6-8-17)16-13(18)12-4-3-9-20-12/h3-4,9-11H,5-8H2,1-2H3,(H,15,19)(H,16,18). The number of nitrogens with one attached hydrogen (secondary N) is 2. The van der Waals surface area contributed by atoms with Crippen LogP contribution in [0.4, 0.5) is 4.79 Å². The average molecular weight is 295 g/mol. The number of hydrogen-bond acceptors (Lipinski definition) is 3. The third-order valence-electron chi connectivity index (χ3n) is 3.27. The molecule has 2 rings (SSSR count). The molecular formula is C14H21N3O2S. The number of urea groups is 1. The SMILES string of the molecule is CC(C)NC(=O)N1CCC(NC(=O)c2cccs2)CC1. The van der Waals surface area contributed by atoms with Crippen LogP contribution in [0.1, 0.15) is 36.4 Å². The van der Waals surface area contributed by atoms with Crippen molar-refractivity contribution < 1.29 is 9.59 Å². The summed E-state index contributed by atoms with van der Waals surface area (Å²) >= 11 is 1.45. The van der Waals surface area contributed by atoms with Crippen molar-refractivity contribution in [2.24, 2.45) is 0 Å². The highest BCUT2D eigenvalue weighted by Gasteiger charge is 2.24. The second kappa shape index (κ2) is 6.74. The van der Waals surface area contributed by atoms with E-state index in [1.807, 2.05) is 36.3 Å². The molecule has 0 radical (unpaired) electrons. The van der Waals surface area contributed by atoms with Gasteiger partial charge in [0.25, 0.3) is 5.91 Å². The number of carbonyl (C=O) groups is 2. The second-order valence-electron chi connectivity index (χ2n) is 5.32. The van der Waals surface area contributed by atoms with Gasteiger partial charge in [0.15, 0.2) is 0 Å². The molecule has 1 saturated heterocycles. The quantitative estimate of drug-likeness (QED) is 0.896. The minimum atomic E-state index is -0.0111. The molecule has 2 N–H and O–H groups in total. The molecule has 0 unspecified atom stereocenters. The van der Waals surface area contributed by atoms with Crippen molar-refractivity contribution in [1.29, 1.82) is 0 Å². The molecule has 0 aromatic carbocycles. The lowest BCUT2D eigenvalue weighted by atomic mass is 10.1. The summed E-state index contributed by atoms with van der Waals surface area (Å²) in [7, 11) is 0. The number of piperidine rings is 1. The summed E-state index contributed by atoms with van der Waals surface area (Å²) in [5, 5.41) is 7.82. The number of carbonyl (C=O) groups excluding carboxylic acids is 2. The minimum Gasteiger partial charge on any atom is -0.348 e. The van der Waals surface area contributed by atoms with Gasteiger partial charge in [-0.15, -0.1) is 11.3 Å². The van der Waals surface area contributed by atoms with E-state index in [1.54, 1.807) is 0 Å². The molecule has 1 aromatic heterocycles. The van der Waals surface area contributed by atoms with E-state index in [0.29, 0.717) is 13.1 Å². The maximum Gasteiger partial charge on any atom is 0.317 e. The topological polar surface area (TPSA) is 61.4 Å². The Bertz CT molecular complexity index is 451. The first-order chi connectivity index (χ1) is 9.56. The molecule has 3 amide bonds. The third-order valence-corrected chi connectivity index (χ3v) is 4.14. The molecule has 2 heterocycles. The van der Waals surface area contributed by atoms with Gasteiger partial charge in [0, 0.05) is 25.2 Å². The molecule has 0 spiro atoms. The summed E-state index contributed by atoms with van der Waals surface area (Å²) in [6.45, 7) is 5.28. The number of thiophene rings is 1. The summed E-state index contributed by atoms with van der Waals surface area (Å²) < 4.78 is 0. The van der Waals surface area contributed by atoms with E-state index in [9.17, 15) is 9.59 Å². The van der Waals surface area contributed by atoms with Crippen LogP contribution in [0.3, 0.4) is 0 Å². The van der Waals surface area contributed by atoms with Crippen LogP contribution < -0.4 is 10.6 Å². The Morgan fingerprint density at radius 3 is 2.60 bits per heavy atom. The molecule has 1 aromatic rings. The van der Waals surface area contributed by atoms with Crippen molar-refractivity contribution in [3.63, 3.8) is 0 Å². The van der Waals surface area contributed by atoms with Crippen LogP contribution in [-0.2, 0) is 0 Å². The molecule has 0 saturated carbocycles. The third kappa shape index (κ3) is 3.96. The van der Waals surface area contributed by atoms with E-state index < -0.39 is 0 Å². The van der Waals surface area contributed by atoms with Crippen molar-refractivity contribution >= 4 is 23.3 Å². The minimum absolute atomic E-state index is 0.00918. The maximum absolute atomic E-state index is 11.9. The number of nitrogens with zero attached hydrogens (tertiary/aromatic N) is 1. The van der Waals surface area contributed by atoms with E-state index in [-0.39, 0.29) is 24.0 Å². The first-order valence-corrected chi connectivity index (χ1v) is 7.84. The molecule has 1 fully saturated rings. The van der Waals surface area contributed by atoms with Crippen molar-refractivity contribution in [3.05, 3.63) is 22.4 Å². The van der Waals surface area contributed by atoms with Gasteiger partial charge in [-0.05, 0) is 38.1 Å². The van der Waals surface area contributed by atoms with E-state index in [0.717, 1.165) is 17.7 Å². The van der Waals surface area contributed by atoms with Crippen molar-refractivity contribution in [2.75, 3.05) is 13.1 Å². The molecule has 6 heteroatoms. The zero-order chi connectivity index (χ0) is 14.5. The van der Waals surface area contributed by atoms with E-state index in [4.69, 9.17) is 0 Å². The predicted octanol–water partition coefficient (Wildman–Crippen LogP) is 2.06. The molecular weight excluding hydrogens is 274 g/mol. The van der Waals surface area contributed by atoms with Gasteiger partial charge >= 0.3 is 6.03 Å². The van der Waals surface area contributed by atoms with Crippen LogP contribution in [0, 0.1) is 0 Å². The van der Waals surface area contributed by atoms with Gasteiger partial charge < -0.3 is 15.5 Å². The number of amides is 3. The van der Waals surface area contributed by atoms with Crippen LogP contribution in [0.25, 0.3) is 0 Å². The van der Waals surface area contributed by atoms with Crippen molar-refractivity contribution in [3.8, 4) is 0 Å². The van der Waals surface area contributed by atoms with Crippen LogP contribution in [0.15, 0.2) is 17.5 Å². The van der Waals surface area contributed by atoms with Crippen LogP contribution >= 0.6 is 11.3 Å². The predicted molar refractivity (Wildman–Crippen MR) is 80.0 cm³/mol. The molecule has 0 atom stereocenters. The summed E-state index contributed by atoms with van der Waals surface area (Å²) in [6, 6.07) is 4.00. The Kier molecular flexibility index (Phi) is 5.00. The van der Waals surface area contributed by atoms with Gasteiger partial charge in [-0.2, -0.15) is 0 Å². The lowest BCUT2D eigenvalue weighted by Gasteiger charge is -2.32. The summed E-state index contributed by atoms with van der Waals surface area (Å²) in [5.41, 5.74) is 0. The molecule has 0 aliphatic carbocycles. The van der Waals surface area contributed by atoms with E-state index >= 15 is 0 Å². The molecule has 5 nitrogen and oxygen atoms in total. The highest BCUT2D eigenvalue weighted by Crippen LogP contribution is 2.13. The lowest BCUT2D eigenvalue weighted by Crippen LogP contribution is -2.50. The monoisotopic (exact) mass is 295 g/mol. The Morgan fingerprint density at radius 1 is 1.35 bits per heavy atom. The lowest BCUT2D eigenvalue weighted by molar-refractivity contribution is 0.0922. The van der Waals surface area contributed by atoms with Crippen molar-refractivity contribution in [1.82, 2.24) is 15.5 Å². The summed E-state index contributed by atoms with van der Waals surface area (Å²) in [6.07, 6.45) is 1.62. The number of hydrogen-bond donors (Lipinski definition) is 2. The van der Waals surface area contributed by atoms with Gasteiger partial charge in [-0.3, -0.25) is 4.79 Å². The average Bonchev–Trinajstić information content (AvgIpc) is 2.92. The normalized spacial score (nSPS) is 16.2. The molecule has 110 valence electrons. The summed E-state index contributed by atoms with van der Waals surface area (Å²) in [5.74, 6) is -0.00918. The molecule has 20 heavy (non-hydrogen) atoms. The van der Waals surface area contributed by atoms with Gasteiger partial charge in [0.2, 0.25) is 0 Å². The fraction of sp³-hybridized carbons (Fsp3) is 0.571. The highest BCUT2D eigenvalue weighted by molar-refractivity contribution is 7.12. The summed E-state index contributed by atoms with van der Waals surface area (Å²) in [4.78, 5) is 26.3. The molecule has 1 aliphatic rings. The van der Waals surface area contributed by atoms with Crippen LogP contribution in [-0.4, -0.2) is 42.0 Å². The highest BCUT2D eigenvalue weighted by atomic mass is 32.1. The fourth-order valence-corrected chi connectivity index (χ4v) is 2.86. The van der Waals surface area contributed by atoms with Gasteiger partial charge in [-0.25, -0.2) is 4.79 Å². The van der Waals surface area contributed by atoms with Gasteiger partial charge in [0.05, 0.1) is 4.88 Å². The molecule has 1 aliphatic heterocycles. The Labute approximate surface area is 123 Å². The largest absolute Gasteiger partial charge is 0.348 e.